The molecule has 0 radical (unpaired) electrons. The van der Waals surface area contributed by atoms with Gasteiger partial charge < -0.3 is 10.1 Å². The Labute approximate surface area is 175 Å². The molecule has 9 heteroatoms. The van der Waals surface area contributed by atoms with E-state index < -0.39 is 28.0 Å². The van der Waals surface area contributed by atoms with Crippen molar-refractivity contribution < 1.29 is 22.7 Å². The summed E-state index contributed by atoms with van der Waals surface area (Å²) in [5.41, 5.74) is 1.41. The van der Waals surface area contributed by atoms with Gasteiger partial charge in [0.1, 0.15) is 5.84 Å². The molecule has 8 nitrogen and oxygen atoms in total. The van der Waals surface area contributed by atoms with E-state index in [9.17, 15) is 18.0 Å². The van der Waals surface area contributed by atoms with Gasteiger partial charge in [0.2, 0.25) is 0 Å². The Balaban J connectivity index is 1.50. The Hall–Kier alpha value is -3.20. The number of ether oxygens (including phenoxy) is 1. The molecule has 2 atom stereocenters. The number of aliphatic imine (C=N–C) groups is 1. The van der Waals surface area contributed by atoms with Gasteiger partial charge in [-0.2, -0.15) is 0 Å². The third-order valence-corrected chi connectivity index (χ3v) is 5.98. The van der Waals surface area contributed by atoms with Crippen LogP contribution >= 0.6 is 0 Å². The topological polar surface area (TPSA) is 114 Å². The molecule has 30 heavy (non-hydrogen) atoms. The molecule has 2 unspecified atom stereocenters. The maximum Gasteiger partial charge on any atom is 0.308 e. The van der Waals surface area contributed by atoms with E-state index in [1.165, 1.54) is 13.0 Å². The molecule has 0 saturated heterocycles. The van der Waals surface area contributed by atoms with Crippen molar-refractivity contribution in [2.45, 2.75) is 37.3 Å². The Morgan fingerprint density at radius 3 is 2.47 bits per heavy atom. The molecule has 0 fully saturated rings. The summed E-state index contributed by atoms with van der Waals surface area (Å²) in [4.78, 5) is 28.6. The lowest BCUT2D eigenvalue weighted by atomic mass is 10.1. The Morgan fingerprint density at radius 1 is 1.07 bits per heavy atom. The molecule has 3 rings (SSSR count). The fourth-order valence-electron chi connectivity index (χ4n) is 2.98. The second-order valence-corrected chi connectivity index (χ2v) is 8.51. The predicted octanol–water partition coefficient (Wildman–Crippen LogP) is 1.92. The SMILES string of the molecule is CC(OC(=O)CCN=C1NS(=O)(=O)c2ccccc21)C(=O)NC(C)c1ccccc1. The summed E-state index contributed by atoms with van der Waals surface area (Å²) in [5, 5.41) is 2.80. The minimum absolute atomic E-state index is 0.0276. The van der Waals surface area contributed by atoms with Crippen LogP contribution in [0.2, 0.25) is 0 Å². The lowest BCUT2D eigenvalue weighted by Gasteiger charge is -2.18. The summed E-state index contributed by atoms with van der Waals surface area (Å²) in [6.07, 6.45) is -1.04. The van der Waals surface area contributed by atoms with Crippen molar-refractivity contribution in [2.24, 2.45) is 4.99 Å². The summed E-state index contributed by atoms with van der Waals surface area (Å²) >= 11 is 0. The first-order valence-corrected chi connectivity index (χ1v) is 11.0. The molecule has 1 amide bonds. The number of fused-ring (bicyclic) bond motifs is 1. The quantitative estimate of drug-likeness (QED) is 0.653. The monoisotopic (exact) mass is 429 g/mol. The van der Waals surface area contributed by atoms with Gasteiger partial charge in [-0.25, -0.2) is 8.42 Å². The predicted molar refractivity (Wildman–Crippen MR) is 111 cm³/mol. The summed E-state index contributed by atoms with van der Waals surface area (Å²) < 4.78 is 31.6. The first-order chi connectivity index (χ1) is 14.3. The fraction of sp³-hybridized carbons (Fsp3) is 0.286. The van der Waals surface area contributed by atoms with Crippen molar-refractivity contribution in [1.29, 1.82) is 0 Å². The number of carbonyl (C=O) groups excluding carboxylic acids is 2. The molecule has 158 valence electrons. The molecule has 0 aliphatic carbocycles. The van der Waals surface area contributed by atoms with Crippen molar-refractivity contribution in [3.8, 4) is 0 Å². The van der Waals surface area contributed by atoms with E-state index in [-0.39, 0.29) is 29.7 Å². The second kappa shape index (κ2) is 9.08. The van der Waals surface area contributed by atoms with Crippen molar-refractivity contribution in [3.05, 3.63) is 65.7 Å². The molecule has 0 bridgehead atoms. The van der Waals surface area contributed by atoms with E-state index in [0.29, 0.717) is 5.56 Å². The number of nitrogens with zero attached hydrogens (tertiary/aromatic N) is 1. The minimum atomic E-state index is -3.62. The van der Waals surface area contributed by atoms with Gasteiger partial charge in [-0.3, -0.25) is 19.3 Å². The standard InChI is InChI=1S/C21H23N3O5S/c1-14(16-8-4-3-5-9-16)23-21(26)15(2)29-19(25)12-13-22-20-17-10-6-7-11-18(17)30(27,28)24-20/h3-11,14-15H,12-13H2,1-2H3,(H,22,24)(H,23,26). The molecule has 2 aromatic carbocycles. The summed E-state index contributed by atoms with van der Waals surface area (Å²) in [7, 11) is -3.62. The van der Waals surface area contributed by atoms with Crippen LogP contribution < -0.4 is 10.0 Å². The minimum Gasteiger partial charge on any atom is -0.452 e. The number of esters is 1. The average Bonchev–Trinajstić information content (AvgIpc) is 2.99. The summed E-state index contributed by atoms with van der Waals surface area (Å²) in [6, 6.07) is 15.7. The largest absolute Gasteiger partial charge is 0.452 e. The van der Waals surface area contributed by atoms with E-state index in [4.69, 9.17) is 4.74 Å². The number of benzene rings is 2. The van der Waals surface area contributed by atoms with Crippen LogP contribution in [0.25, 0.3) is 0 Å². The van der Waals surface area contributed by atoms with Crippen LogP contribution in [0.1, 0.15) is 37.4 Å². The number of hydrogen-bond acceptors (Lipinski definition) is 6. The molecular formula is C21H23N3O5S. The third-order valence-electron chi connectivity index (χ3n) is 4.58. The van der Waals surface area contributed by atoms with Crippen LogP contribution in [0.15, 0.2) is 64.5 Å². The van der Waals surface area contributed by atoms with Crippen molar-refractivity contribution in [1.82, 2.24) is 10.0 Å². The lowest BCUT2D eigenvalue weighted by molar-refractivity contribution is -0.154. The summed E-state index contributed by atoms with van der Waals surface area (Å²) in [5.74, 6) is -0.798. The van der Waals surface area contributed by atoms with Gasteiger partial charge in [-0.1, -0.05) is 42.5 Å². The zero-order valence-corrected chi connectivity index (χ0v) is 17.5. The van der Waals surface area contributed by atoms with Gasteiger partial charge in [0, 0.05) is 5.56 Å². The third kappa shape index (κ3) is 5.04. The van der Waals surface area contributed by atoms with Gasteiger partial charge in [0.05, 0.1) is 23.9 Å². The van der Waals surface area contributed by atoms with E-state index in [1.54, 1.807) is 18.2 Å². The van der Waals surface area contributed by atoms with E-state index in [1.807, 2.05) is 37.3 Å². The van der Waals surface area contributed by atoms with Gasteiger partial charge >= 0.3 is 5.97 Å². The fourth-order valence-corrected chi connectivity index (χ4v) is 4.23. The number of amides is 1. The molecule has 1 aliphatic heterocycles. The van der Waals surface area contributed by atoms with Crippen LogP contribution in [-0.2, 0) is 24.3 Å². The number of amidine groups is 1. The highest BCUT2D eigenvalue weighted by Crippen LogP contribution is 2.22. The maximum atomic E-state index is 12.3. The van der Waals surface area contributed by atoms with Gasteiger partial charge in [-0.15, -0.1) is 0 Å². The van der Waals surface area contributed by atoms with Crippen LogP contribution in [-0.4, -0.2) is 38.8 Å². The van der Waals surface area contributed by atoms with Crippen molar-refractivity contribution >= 4 is 27.7 Å². The molecule has 1 aliphatic rings. The van der Waals surface area contributed by atoms with Gasteiger partial charge in [0.25, 0.3) is 15.9 Å². The first-order valence-electron chi connectivity index (χ1n) is 9.49. The molecule has 2 aromatic rings. The zero-order valence-electron chi connectivity index (χ0n) is 16.7. The van der Waals surface area contributed by atoms with E-state index in [0.717, 1.165) is 5.56 Å². The number of rotatable bonds is 7. The average molecular weight is 429 g/mol. The van der Waals surface area contributed by atoms with Crippen molar-refractivity contribution in [3.63, 3.8) is 0 Å². The molecular weight excluding hydrogens is 406 g/mol. The number of sulfonamides is 1. The number of hydrogen-bond donors (Lipinski definition) is 2. The zero-order chi connectivity index (χ0) is 21.7. The maximum absolute atomic E-state index is 12.3. The molecule has 0 saturated carbocycles. The molecule has 1 heterocycles. The normalized spacial score (nSPS) is 17.5. The van der Waals surface area contributed by atoms with E-state index in [2.05, 4.69) is 15.0 Å². The van der Waals surface area contributed by atoms with Gasteiger partial charge in [-0.05, 0) is 31.5 Å². The first kappa shape index (κ1) is 21.5. The molecule has 0 spiro atoms. The summed E-state index contributed by atoms with van der Waals surface area (Å²) in [6.45, 7) is 3.37. The highest BCUT2D eigenvalue weighted by atomic mass is 32.2. The van der Waals surface area contributed by atoms with Crippen LogP contribution in [0, 0.1) is 0 Å². The Bertz CT molecular complexity index is 1070. The second-order valence-electron chi connectivity index (χ2n) is 6.86. The molecule has 2 N–H and O–H groups in total. The number of carbonyl (C=O) groups is 2. The van der Waals surface area contributed by atoms with Crippen LogP contribution in [0.5, 0.6) is 0 Å². The van der Waals surface area contributed by atoms with Crippen molar-refractivity contribution in [2.75, 3.05) is 6.54 Å². The highest BCUT2D eigenvalue weighted by molar-refractivity contribution is 7.90. The smallest absolute Gasteiger partial charge is 0.308 e. The Kier molecular flexibility index (Phi) is 6.51. The van der Waals surface area contributed by atoms with Crippen LogP contribution in [0.3, 0.4) is 0 Å². The Morgan fingerprint density at radius 2 is 1.73 bits per heavy atom. The van der Waals surface area contributed by atoms with E-state index >= 15 is 0 Å². The lowest BCUT2D eigenvalue weighted by Crippen LogP contribution is -2.37. The van der Waals surface area contributed by atoms with Crippen LogP contribution in [0.4, 0.5) is 0 Å². The molecule has 0 aromatic heterocycles. The van der Waals surface area contributed by atoms with Gasteiger partial charge in [0.15, 0.2) is 6.10 Å². The highest BCUT2D eigenvalue weighted by Gasteiger charge is 2.30. The number of nitrogens with one attached hydrogen (secondary N) is 2.